The van der Waals surface area contributed by atoms with Crippen LogP contribution in [0.1, 0.15) is 30.9 Å². The third kappa shape index (κ3) is 4.70. The fourth-order valence-corrected chi connectivity index (χ4v) is 2.67. The molecule has 1 amide bonds. The maximum absolute atomic E-state index is 11.9. The Hall–Kier alpha value is -3.14. The van der Waals surface area contributed by atoms with Gasteiger partial charge in [0.05, 0.1) is 12.8 Å². The minimum atomic E-state index is -0.187. The smallest absolute Gasteiger partial charge is 0.259 e. The van der Waals surface area contributed by atoms with Gasteiger partial charge in [-0.15, -0.1) is 0 Å². The predicted octanol–water partition coefficient (Wildman–Crippen LogP) is 4.53. The summed E-state index contributed by atoms with van der Waals surface area (Å²) in [6.45, 7) is 4.49. The number of nitrogens with one attached hydrogen (secondary N) is 2. The molecule has 0 heterocycles. The van der Waals surface area contributed by atoms with E-state index >= 15 is 0 Å². The first-order valence-corrected chi connectivity index (χ1v) is 8.76. The fourth-order valence-electron chi connectivity index (χ4n) is 2.67. The molecule has 3 aromatic carbocycles. The average molecular weight is 345 g/mol. The Morgan fingerprint density at radius 3 is 2.46 bits per heavy atom. The molecule has 0 aliphatic carbocycles. The van der Waals surface area contributed by atoms with Crippen LogP contribution in [0.2, 0.25) is 0 Å². The fraction of sp³-hybridized carbons (Fsp3) is 0.182. The van der Waals surface area contributed by atoms with Gasteiger partial charge in [-0.05, 0) is 39.9 Å². The third-order valence-electron chi connectivity index (χ3n) is 4.21. The maximum atomic E-state index is 11.9. The van der Waals surface area contributed by atoms with Gasteiger partial charge < -0.3 is 5.32 Å². The van der Waals surface area contributed by atoms with E-state index in [-0.39, 0.29) is 12.5 Å². The molecule has 4 nitrogen and oxygen atoms in total. The van der Waals surface area contributed by atoms with Crippen molar-refractivity contribution in [2.24, 2.45) is 5.10 Å². The normalized spacial score (nSPS) is 11.2. The number of hydrazone groups is 1. The van der Waals surface area contributed by atoms with Gasteiger partial charge in [0, 0.05) is 5.69 Å². The molecule has 0 fully saturated rings. The Morgan fingerprint density at radius 2 is 1.73 bits per heavy atom. The van der Waals surface area contributed by atoms with Crippen molar-refractivity contribution >= 4 is 28.6 Å². The summed E-state index contributed by atoms with van der Waals surface area (Å²) in [4.78, 5) is 11.9. The molecule has 4 heteroatoms. The van der Waals surface area contributed by atoms with Crippen LogP contribution in [0.5, 0.6) is 0 Å². The molecule has 0 bridgehead atoms. The standard InChI is InChI=1S/C22H23N3O/c1-16(2)18-9-7-17(8-10-18)14-24-25-22(26)15-23-21-12-11-19-5-3-4-6-20(19)13-21/h3-14,16,23H,15H2,1-2H3,(H,25,26)/b24-14+. The van der Waals surface area contributed by atoms with E-state index in [9.17, 15) is 4.79 Å². The number of amides is 1. The van der Waals surface area contributed by atoms with Gasteiger partial charge in [0.25, 0.3) is 5.91 Å². The Labute approximate surface area is 153 Å². The van der Waals surface area contributed by atoms with Crippen molar-refractivity contribution in [2.75, 3.05) is 11.9 Å². The summed E-state index contributed by atoms with van der Waals surface area (Å²) in [5.41, 5.74) is 5.69. The number of anilines is 1. The Balaban J connectivity index is 1.50. The first-order chi connectivity index (χ1) is 12.6. The third-order valence-corrected chi connectivity index (χ3v) is 4.21. The highest BCUT2D eigenvalue weighted by molar-refractivity contribution is 5.87. The molecule has 132 valence electrons. The monoisotopic (exact) mass is 345 g/mol. The predicted molar refractivity (Wildman–Crippen MR) is 109 cm³/mol. The largest absolute Gasteiger partial charge is 0.376 e. The molecule has 0 radical (unpaired) electrons. The number of nitrogens with zero attached hydrogens (tertiary/aromatic N) is 1. The molecule has 26 heavy (non-hydrogen) atoms. The number of hydrogen-bond donors (Lipinski definition) is 2. The lowest BCUT2D eigenvalue weighted by Crippen LogP contribution is -2.25. The first-order valence-electron chi connectivity index (χ1n) is 8.76. The average Bonchev–Trinajstić information content (AvgIpc) is 2.66. The summed E-state index contributed by atoms with van der Waals surface area (Å²) < 4.78 is 0. The van der Waals surface area contributed by atoms with E-state index < -0.39 is 0 Å². The molecule has 0 aliphatic heterocycles. The zero-order valence-corrected chi connectivity index (χ0v) is 15.1. The molecule has 3 rings (SSSR count). The topological polar surface area (TPSA) is 53.5 Å². The summed E-state index contributed by atoms with van der Waals surface area (Å²) in [5, 5.41) is 9.45. The van der Waals surface area contributed by atoms with Crippen molar-refractivity contribution < 1.29 is 4.79 Å². The van der Waals surface area contributed by atoms with Crippen LogP contribution in [-0.4, -0.2) is 18.7 Å². The summed E-state index contributed by atoms with van der Waals surface area (Å²) in [6, 6.07) is 22.3. The van der Waals surface area contributed by atoms with Gasteiger partial charge in [-0.3, -0.25) is 4.79 Å². The molecule has 0 atom stereocenters. The lowest BCUT2D eigenvalue weighted by atomic mass is 10.0. The van der Waals surface area contributed by atoms with Crippen LogP contribution >= 0.6 is 0 Å². The number of benzene rings is 3. The molecule has 0 saturated heterocycles. The van der Waals surface area contributed by atoms with Crippen LogP contribution in [-0.2, 0) is 4.79 Å². The SMILES string of the molecule is CC(C)c1ccc(/C=N/NC(=O)CNc2ccc3ccccc3c2)cc1. The van der Waals surface area contributed by atoms with E-state index in [2.05, 4.69) is 54.0 Å². The van der Waals surface area contributed by atoms with Crippen LogP contribution in [0.25, 0.3) is 10.8 Å². The van der Waals surface area contributed by atoms with Crippen molar-refractivity contribution in [2.45, 2.75) is 19.8 Å². The summed E-state index contributed by atoms with van der Waals surface area (Å²) in [5.74, 6) is 0.315. The Bertz CT molecular complexity index is 914. The second-order valence-corrected chi connectivity index (χ2v) is 6.53. The quantitative estimate of drug-likeness (QED) is 0.509. The molecular weight excluding hydrogens is 322 g/mol. The van der Waals surface area contributed by atoms with Crippen molar-refractivity contribution in [3.63, 3.8) is 0 Å². The van der Waals surface area contributed by atoms with Gasteiger partial charge in [0.15, 0.2) is 0 Å². The molecule has 2 N–H and O–H groups in total. The lowest BCUT2D eigenvalue weighted by Gasteiger charge is -2.07. The van der Waals surface area contributed by atoms with Crippen molar-refractivity contribution in [1.29, 1.82) is 0 Å². The van der Waals surface area contributed by atoms with Crippen LogP contribution in [0.3, 0.4) is 0 Å². The lowest BCUT2D eigenvalue weighted by molar-refractivity contribution is -0.119. The Morgan fingerprint density at radius 1 is 1.00 bits per heavy atom. The van der Waals surface area contributed by atoms with Crippen LogP contribution < -0.4 is 10.7 Å². The van der Waals surface area contributed by atoms with Gasteiger partial charge in [0.1, 0.15) is 0 Å². The Kier molecular flexibility index (Phi) is 5.64. The van der Waals surface area contributed by atoms with Crippen LogP contribution in [0, 0.1) is 0 Å². The van der Waals surface area contributed by atoms with E-state index in [0.29, 0.717) is 5.92 Å². The summed E-state index contributed by atoms with van der Waals surface area (Å²) in [6.07, 6.45) is 1.65. The van der Waals surface area contributed by atoms with E-state index in [4.69, 9.17) is 0 Å². The van der Waals surface area contributed by atoms with Crippen LogP contribution in [0.4, 0.5) is 5.69 Å². The van der Waals surface area contributed by atoms with E-state index in [1.165, 1.54) is 10.9 Å². The number of carbonyl (C=O) groups excluding carboxylic acids is 1. The minimum Gasteiger partial charge on any atom is -0.376 e. The van der Waals surface area contributed by atoms with Gasteiger partial charge in [-0.1, -0.05) is 68.4 Å². The highest BCUT2D eigenvalue weighted by Crippen LogP contribution is 2.18. The number of carbonyl (C=O) groups is 1. The zero-order chi connectivity index (χ0) is 18.4. The highest BCUT2D eigenvalue weighted by atomic mass is 16.2. The molecule has 0 aliphatic rings. The van der Waals surface area contributed by atoms with E-state index in [1.807, 2.05) is 42.5 Å². The van der Waals surface area contributed by atoms with Crippen LogP contribution in [0.15, 0.2) is 71.8 Å². The molecule has 0 spiro atoms. The van der Waals surface area contributed by atoms with Gasteiger partial charge >= 0.3 is 0 Å². The van der Waals surface area contributed by atoms with Crippen molar-refractivity contribution in [1.82, 2.24) is 5.43 Å². The van der Waals surface area contributed by atoms with Gasteiger partial charge in [0.2, 0.25) is 0 Å². The number of rotatable bonds is 6. The second kappa shape index (κ2) is 8.30. The number of fused-ring (bicyclic) bond motifs is 1. The minimum absolute atomic E-state index is 0.169. The molecule has 0 saturated carbocycles. The van der Waals surface area contributed by atoms with Crippen molar-refractivity contribution in [3.05, 3.63) is 77.9 Å². The van der Waals surface area contributed by atoms with E-state index in [0.717, 1.165) is 16.6 Å². The summed E-state index contributed by atoms with van der Waals surface area (Å²) >= 11 is 0. The van der Waals surface area contributed by atoms with Gasteiger partial charge in [-0.2, -0.15) is 5.10 Å². The van der Waals surface area contributed by atoms with E-state index in [1.54, 1.807) is 6.21 Å². The summed E-state index contributed by atoms with van der Waals surface area (Å²) in [7, 11) is 0. The maximum Gasteiger partial charge on any atom is 0.259 e. The second-order valence-electron chi connectivity index (χ2n) is 6.53. The van der Waals surface area contributed by atoms with Gasteiger partial charge in [-0.25, -0.2) is 5.43 Å². The zero-order valence-electron chi connectivity index (χ0n) is 15.1. The highest BCUT2D eigenvalue weighted by Gasteiger charge is 2.01. The molecule has 0 unspecified atom stereocenters. The molecule has 0 aromatic heterocycles. The first kappa shape index (κ1) is 17.7. The molecular formula is C22H23N3O. The molecule has 3 aromatic rings. The van der Waals surface area contributed by atoms with Crippen molar-refractivity contribution in [3.8, 4) is 0 Å². The number of hydrogen-bond acceptors (Lipinski definition) is 3.